The highest BCUT2D eigenvalue weighted by atomic mass is 35.5. The molecular formula is C16H25ClN2. The second-order valence-electron chi connectivity index (χ2n) is 6.76. The molecule has 2 nitrogen and oxygen atoms in total. The summed E-state index contributed by atoms with van der Waals surface area (Å²) in [7, 11) is 0. The van der Waals surface area contributed by atoms with Gasteiger partial charge in [0.05, 0.1) is 0 Å². The molecule has 1 aliphatic rings. The van der Waals surface area contributed by atoms with Crippen molar-refractivity contribution < 1.29 is 0 Å². The summed E-state index contributed by atoms with van der Waals surface area (Å²) >= 11 is 5.83. The largest absolute Gasteiger partial charge is 0.299 e. The summed E-state index contributed by atoms with van der Waals surface area (Å²) in [6.45, 7) is 10.5. The minimum absolute atomic E-state index is 0.442. The second-order valence-corrected chi connectivity index (χ2v) is 7.15. The summed E-state index contributed by atoms with van der Waals surface area (Å²) < 4.78 is 0. The van der Waals surface area contributed by atoms with E-state index in [2.05, 4.69) is 36.7 Å². The van der Waals surface area contributed by atoms with Crippen molar-refractivity contribution in [1.82, 2.24) is 9.88 Å². The van der Waals surface area contributed by atoms with Crippen molar-refractivity contribution in [1.29, 1.82) is 0 Å². The lowest BCUT2D eigenvalue weighted by atomic mass is 9.77. The van der Waals surface area contributed by atoms with Crippen molar-refractivity contribution in [2.45, 2.75) is 46.6 Å². The molecule has 1 saturated heterocycles. The van der Waals surface area contributed by atoms with Gasteiger partial charge >= 0.3 is 0 Å². The SMILES string of the molecule is CC(C)(C)C1CCCN(Cc2ccc(Cl)nc2)CC1. The van der Waals surface area contributed by atoms with Gasteiger partial charge < -0.3 is 0 Å². The molecular weight excluding hydrogens is 256 g/mol. The van der Waals surface area contributed by atoms with Crippen LogP contribution in [0.3, 0.4) is 0 Å². The van der Waals surface area contributed by atoms with Crippen LogP contribution < -0.4 is 0 Å². The van der Waals surface area contributed by atoms with Gasteiger partial charge in [-0.05, 0) is 55.3 Å². The van der Waals surface area contributed by atoms with Gasteiger partial charge in [-0.1, -0.05) is 38.4 Å². The zero-order valence-corrected chi connectivity index (χ0v) is 13.1. The number of rotatable bonds is 2. The highest BCUT2D eigenvalue weighted by Gasteiger charge is 2.26. The molecule has 19 heavy (non-hydrogen) atoms. The van der Waals surface area contributed by atoms with E-state index < -0.39 is 0 Å². The quantitative estimate of drug-likeness (QED) is 0.747. The lowest BCUT2D eigenvalue weighted by Crippen LogP contribution is -2.26. The zero-order valence-electron chi connectivity index (χ0n) is 12.3. The Morgan fingerprint density at radius 2 is 2.05 bits per heavy atom. The van der Waals surface area contributed by atoms with Crippen molar-refractivity contribution in [2.24, 2.45) is 11.3 Å². The molecule has 0 aliphatic carbocycles. The molecule has 0 aromatic carbocycles. The third kappa shape index (κ3) is 4.47. The van der Waals surface area contributed by atoms with Crippen LogP contribution in [0.1, 0.15) is 45.6 Å². The first kappa shape index (κ1) is 14.8. The fourth-order valence-electron chi connectivity index (χ4n) is 2.94. The number of pyridine rings is 1. The predicted molar refractivity (Wildman–Crippen MR) is 81.3 cm³/mol. The molecule has 106 valence electrons. The number of likely N-dealkylation sites (tertiary alicyclic amines) is 1. The number of hydrogen-bond acceptors (Lipinski definition) is 2. The maximum atomic E-state index is 5.83. The van der Waals surface area contributed by atoms with Crippen molar-refractivity contribution in [3.63, 3.8) is 0 Å². The second kappa shape index (κ2) is 6.23. The Morgan fingerprint density at radius 1 is 1.26 bits per heavy atom. The van der Waals surface area contributed by atoms with E-state index in [1.54, 1.807) is 0 Å². The van der Waals surface area contributed by atoms with Crippen LogP contribution in [0.2, 0.25) is 5.15 Å². The fraction of sp³-hybridized carbons (Fsp3) is 0.688. The molecule has 1 unspecified atom stereocenters. The van der Waals surface area contributed by atoms with Crippen LogP contribution in [0.5, 0.6) is 0 Å². The van der Waals surface area contributed by atoms with Crippen LogP contribution >= 0.6 is 11.6 Å². The smallest absolute Gasteiger partial charge is 0.129 e. The summed E-state index contributed by atoms with van der Waals surface area (Å²) in [5.74, 6) is 0.848. The van der Waals surface area contributed by atoms with Crippen molar-refractivity contribution in [3.8, 4) is 0 Å². The van der Waals surface area contributed by atoms with Crippen LogP contribution in [0.4, 0.5) is 0 Å². The number of halogens is 1. The standard InChI is InChI=1S/C16H25ClN2/c1-16(2,3)14-5-4-9-19(10-8-14)12-13-6-7-15(17)18-11-13/h6-7,11,14H,4-5,8-10,12H2,1-3H3. The minimum atomic E-state index is 0.442. The average molecular weight is 281 g/mol. The summed E-state index contributed by atoms with van der Waals surface area (Å²) in [5.41, 5.74) is 1.70. The molecule has 2 heterocycles. The van der Waals surface area contributed by atoms with Crippen LogP contribution in [0.15, 0.2) is 18.3 Å². The third-order valence-corrected chi connectivity index (χ3v) is 4.46. The lowest BCUT2D eigenvalue weighted by molar-refractivity contribution is 0.206. The maximum Gasteiger partial charge on any atom is 0.129 e. The van der Waals surface area contributed by atoms with E-state index in [1.165, 1.54) is 37.9 Å². The van der Waals surface area contributed by atoms with Gasteiger partial charge in [0.1, 0.15) is 5.15 Å². The van der Waals surface area contributed by atoms with Crippen LogP contribution in [-0.2, 0) is 6.54 Å². The van der Waals surface area contributed by atoms with E-state index in [-0.39, 0.29) is 0 Å². The average Bonchev–Trinajstić information content (AvgIpc) is 2.57. The monoisotopic (exact) mass is 280 g/mol. The summed E-state index contributed by atoms with van der Waals surface area (Å²) in [5, 5.41) is 0.576. The van der Waals surface area contributed by atoms with Gasteiger partial charge in [-0.15, -0.1) is 0 Å². The van der Waals surface area contributed by atoms with Gasteiger partial charge in [0, 0.05) is 12.7 Å². The molecule has 1 atom stereocenters. The summed E-state index contributed by atoms with van der Waals surface area (Å²) in [6, 6.07) is 3.97. The Hall–Kier alpha value is -0.600. The molecule has 0 saturated carbocycles. The number of nitrogens with zero attached hydrogens (tertiary/aromatic N) is 2. The Kier molecular flexibility index (Phi) is 4.86. The third-order valence-electron chi connectivity index (χ3n) is 4.24. The molecule has 3 heteroatoms. The molecule has 0 radical (unpaired) electrons. The van der Waals surface area contributed by atoms with Gasteiger partial charge in [-0.25, -0.2) is 4.98 Å². The van der Waals surface area contributed by atoms with Gasteiger partial charge in [-0.3, -0.25) is 4.90 Å². The number of aromatic nitrogens is 1. The van der Waals surface area contributed by atoms with Crippen LogP contribution in [0.25, 0.3) is 0 Å². The van der Waals surface area contributed by atoms with E-state index in [0.717, 1.165) is 12.5 Å². The Labute approximate surface area is 122 Å². The van der Waals surface area contributed by atoms with Gasteiger partial charge in [0.2, 0.25) is 0 Å². The first-order chi connectivity index (χ1) is 8.95. The topological polar surface area (TPSA) is 16.1 Å². The van der Waals surface area contributed by atoms with E-state index in [1.807, 2.05) is 12.3 Å². The van der Waals surface area contributed by atoms with Gasteiger partial charge in [-0.2, -0.15) is 0 Å². The van der Waals surface area contributed by atoms with Crippen LogP contribution in [-0.4, -0.2) is 23.0 Å². The Balaban J connectivity index is 1.91. The highest BCUT2D eigenvalue weighted by molar-refractivity contribution is 6.29. The molecule has 0 N–H and O–H groups in total. The summed E-state index contributed by atoms with van der Waals surface area (Å²) in [4.78, 5) is 6.71. The highest BCUT2D eigenvalue weighted by Crippen LogP contribution is 2.34. The van der Waals surface area contributed by atoms with E-state index >= 15 is 0 Å². The molecule has 1 fully saturated rings. The van der Waals surface area contributed by atoms with Gasteiger partial charge in [0.25, 0.3) is 0 Å². The molecule has 1 aromatic rings. The number of hydrogen-bond donors (Lipinski definition) is 0. The van der Waals surface area contributed by atoms with E-state index in [9.17, 15) is 0 Å². The Morgan fingerprint density at radius 3 is 2.68 bits per heavy atom. The predicted octanol–water partition coefficient (Wildman–Crippen LogP) is 4.38. The van der Waals surface area contributed by atoms with Crippen molar-refractivity contribution in [3.05, 3.63) is 29.0 Å². The minimum Gasteiger partial charge on any atom is -0.299 e. The molecule has 0 amide bonds. The molecule has 0 bridgehead atoms. The van der Waals surface area contributed by atoms with E-state index in [0.29, 0.717) is 10.6 Å². The molecule has 1 aromatic heterocycles. The molecule has 0 spiro atoms. The zero-order chi connectivity index (χ0) is 13.9. The molecule has 2 rings (SSSR count). The maximum absolute atomic E-state index is 5.83. The molecule has 1 aliphatic heterocycles. The Bertz CT molecular complexity index is 394. The first-order valence-electron chi connectivity index (χ1n) is 7.28. The van der Waals surface area contributed by atoms with Crippen molar-refractivity contribution >= 4 is 11.6 Å². The van der Waals surface area contributed by atoms with E-state index in [4.69, 9.17) is 11.6 Å². The fourth-order valence-corrected chi connectivity index (χ4v) is 3.05. The lowest BCUT2D eigenvalue weighted by Gasteiger charge is -2.29. The summed E-state index contributed by atoms with van der Waals surface area (Å²) in [6.07, 6.45) is 5.88. The van der Waals surface area contributed by atoms with Gasteiger partial charge in [0.15, 0.2) is 0 Å². The van der Waals surface area contributed by atoms with Crippen LogP contribution in [0, 0.1) is 11.3 Å². The first-order valence-corrected chi connectivity index (χ1v) is 7.66. The normalized spacial score (nSPS) is 22.2. The van der Waals surface area contributed by atoms with Crippen molar-refractivity contribution in [2.75, 3.05) is 13.1 Å².